The minimum absolute atomic E-state index is 0.0793. The Hall–Kier alpha value is -2.32. The van der Waals surface area contributed by atoms with E-state index in [1.807, 2.05) is 0 Å². The van der Waals surface area contributed by atoms with Crippen molar-refractivity contribution < 1.29 is 27.8 Å². The minimum atomic E-state index is -1.37. The molecular formula is C20H24F4N2O2. The third kappa shape index (κ3) is 6.10. The fourth-order valence-corrected chi connectivity index (χ4v) is 2.67. The summed E-state index contributed by atoms with van der Waals surface area (Å²) in [6.45, 7) is 2.12. The molecule has 0 amide bonds. The van der Waals surface area contributed by atoms with E-state index < -0.39 is 41.5 Å². The molecule has 4 nitrogen and oxygen atoms in total. The van der Waals surface area contributed by atoms with Gasteiger partial charge >= 0.3 is 0 Å². The lowest BCUT2D eigenvalue weighted by Gasteiger charge is -2.22. The monoisotopic (exact) mass is 400 g/mol. The summed E-state index contributed by atoms with van der Waals surface area (Å²) in [5, 5.41) is 24.2. The zero-order valence-electron chi connectivity index (χ0n) is 15.7. The summed E-state index contributed by atoms with van der Waals surface area (Å²) in [7, 11) is 0. The second kappa shape index (κ2) is 9.25. The highest BCUT2D eigenvalue weighted by molar-refractivity contribution is 5.50. The molecule has 28 heavy (non-hydrogen) atoms. The van der Waals surface area contributed by atoms with Gasteiger partial charge in [-0.2, -0.15) is 0 Å². The van der Waals surface area contributed by atoms with Crippen molar-refractivity contribution in [2.75, 3.05) is 11.9 Å². The summed E-state index contributed by atoms with van der Waals surface area (Å²) in [5.74, 6) is -4.20. The molecule has 1 aliphatic carbocycles. The number of aryl methyl sites for hydroxylation is 1. The van der Waals surface area contributed by atoms with Crippen LogP contribution in [0.25, 0.3) is 0 Å². The molecule has 154 valence electrons. The molecule has 0 aliphatic heterocycles. The van der Waals surface area contributed by atoms with Crippen molar-refractivity contribution in [2.24, 2.45) is 0 Å². The second-order valence-electron chi connectivity index (χ2n) is 7.01. The summed E-state index contributed by atoms with van der Waals surface area (Å²) in [5.41, 5.74) is -0.121. The van der Waals surface area contributed by atoms with E-state index in [4.69, 9.17) is 5.11 Å². The van der Waals surface area contributed by atoms with Crippen molar-refractivity contribution in [1.29, 1.82) is 0 Å². The number of nitrogens with one attached hydrogen (secondary N) is 2. The average molecular weight is 400 g/mol. The van der Waals surface area contributed by atoms with Crippen LogP contribution in [0.15, 0.2) is 53.7 Å². The molecule has 0 saturated heterocycles. The maximum absolute atomic E-state index is 14.6. The van der Waals surface area contributed by atoms with Crippen molar-refractivity contribution in [3.05, 3.63) is 65.0 Å². The molecule has 1 aromatic rings. The van der Waals surface area contributed by atoms with Gasteiger partial charge in [0.2, 0.25) is 0 Å². The Kier molecular flexibility index (Phi) is 7.26. The van der Waals surface area contributed by atoms with Crippen LogP contribution in [0.5, 0.6) is 0 Å². The highest BCUT2D eigenvalue weighted by Gasteiger charge is 2.44. The Bertz CT molecular complexity index is 797. The van der Waals surface area contributed by atoms with Crippen LogP contribution in [0, 0.1) is 12.7 Å². The molecule has 4 N–H and O–H groups in total. The van der Waals surface area contributed by atoms with E-state index in [-0.39, 0.29) is 17.8 Å². The van der Waals surface area contributed by atoms with Crippen molar-refractivity contribution in [3.63, 3.8) is 0 Å². The number of aliphatic hydroxyl groups is 2. The molecule has 0 spiro atoms. The van der Waals surface area contributed by atoms with Gasteiger partial charge in [0.05, 0.1) is 24.1 Å². The largest absolute Gasteiger partial charge is 0.394 e. The van der Waals surface area contributed by atoms with Gasteiger partial charge in [0.1, 0.15) is 11.6 Å². The molecule has 1 aromatic carbocycles. The Morgan fingerprint density at radius 2 is 1.96 bits per heavy atom. The van der Waals surface area contributed by atoms with Crippen LogP contribution in [-0.2, 0) is 0 Å². The van der Waals surface area contributed by atoms with Crippen LogP contribution in [0.1, 0.15) is 31.7 Å². The van der Waals surface area contributed by atoms with Gasteiger partial charge in [-0.15, -0.1) is 0 Å². The number of rotatable bonds is 9. The molecule has 1 atom stereocenters. The number of hydrogen-bond donors (Lipinski definition) is 4. The molecule has 1 unspecified atom stereocenters. The van der Waals surface area contributed by atoms with Crippen molar-refractivity contribution >= 4 is 5.69 Å². The van der Waals surface area contributed by atoms with E-state index in [1.54, 1.807) is 13.0 Å². The van der Waals surface area contributed by atoms with Crippen LogP contribution in [0.3, 0.4) is 0 Å². The van der Waals surface area contributed by atoms with E-state index in [2.05, 4.69) is 10.6 Å². The minimum Gasteiger partial charge on any atom is -0.394 e. The predicted octanol–water partition coefficient (Wildman–Crippen LogP) is 4.28. The third-order valence-corrected chi connectivity index (χ3v) is 4.43. The summed E-state index contributed by atoms with van der Waals surface area (Å²) in [6, 6.07) is 4.42. The van der Waals surface area contributed by atoms with Crippen molar-refractivity contribution in [3.8, 4) is 0 Å². The van der Waals surface area contributed by atoms with E-state index >= 15 is 0 Å². The van der Waals surface area contributed by atoms with Crippen molar-refractivity contribution in [2.45, 2.75) is 44.8 Å². The fraction of sp³-hybridized carbons (Fsp3) is 0.400. The predicted molar refractivity (Wildman–Crippen MR) is 99.8 cm³/mol. The fourth-order valence-electron chi connectivity index (χ4n) is 2.67. The van der Waals surface area contributed by atoms with Crippen molar-refractivity contribution in [1.82, 2.24) is 5.32 Å². The smallest absolute Gasteiger partial charge is 0.157 e. The van der Waals surface area contributed by atoms with E-state index in [1.165, 1.54) is 12.1 Å². The zero-order valence-corrected chi connectivity index (χ0v) is 15.7. The lowest BCUT2D eigenvalue weighted by Crippen LogP contribution is -2.36. The standard InChI is InChI=1S/C20H24F4N2O2/c1-12-3-4-18(16(23)7-12)25-10-19(17(24)8-15(22)13(2)21)26-20(5-6-20)9-14(28)11-27/h3-4,7-8,10,14,25-28H,5-6,9,11H2,1-2H3/b15-13-,17-8+,19-10-. The number of allylic oxidation sites excluding steroid dienone is 4. The van der Waals surface area contributed by atoms with Gasteiger partial charge in [-0.05, 0) is 50.8 Å². The molecule has 0 radical (unpaired) electrons. The SMILES string of the molecule is C\C(F)=C(F)/C=C(F)\C(=C\Nc1ccc(C)cc1F)NC1(CC(O)CO)CC1. The molecule has 2 rings (SSSR count). The highest BCUT2D eigenvalue weighted by Crippen LogP contribution is 2.41. The lowest BCUT2D eigenvalue weighted by atomic mass is 10.1. The first-order chi connectivity index (χ1) is 13.2. The Labute approximate surface area is 161 Å². The highest BCUT2D eigenvalue weighted by atomic mass is 19.2. The quantitative estimate of drug-likeness (QED) is 0.369. The zero-order chi connectivity index (χ0) is 20.9. The van der Waals surface area contributed by atoms with Gasteiger partial charge in [-0.3, -0.25) is 0 Å². The number of halogens is 4. The van der Waals surface area contributed by atoms with Crippen LogP contribution in [-0.4, -0.2) is 28.5 Å². The molecular weight excluding hydrogens is 376 g/mol. The number of benzene rings is 1. The Morgan fingerprint density at radius 3 is 2.50 bits per heavy atom. The van der Waals surface area contributed by atoms with E-state index in [0.29, 0.717) is 24.5 Å². The molecule has 0 aromatic heterocycles. The normalized spacial score (nSPS) is 18.4. The van der Waals surface area contributed by atoms with Crippen LogP contribution in [0.2, 0.25) is 0 Å². The van der Waals surface area contributed by atoms with Gasteiger partial charge in [0.15, 0.2) is 11.7 Å². The van der Waals surface area contributed by atoms with Gasteiger partial charge < -0.3 is 20.8 Å². The topological polar surface area (TPSA) is 64.5 Å². The summed E-state index contributed by atoms with van der Waals surface area (Å²) in [4.78, 5) is 0. The maximum atomic E-state index is 14.6. The first kappa shape index (κ1) is 22.0. The van der Waals surface area contributed by atoms with Crippen LogP contribution < -0.4 is 10.6 Å². The summed E-state index contributed by atoms with van der Waals surface area (Å²) < 4.78 is 55.0. The number of hydrogen-bond acceptors (Lipinski definition) is 4. The Morgan fingerprint density at radius 1 is 1.29 bits per heavy atom. The third-order valence-electron chi connectivity index (χ3n) is 4.43. The van der Waals surface area contributed by atoms with Crippen LogP contribution >= 0.6 is 0 Å². The van der Waals surface area contributed by atoms with Gasteiger partial charge in [-0.1, -0.05) is 6.07 Å². The molecule has 1 fully saturated rings. The second-order valence-corrected chi connectivity index (χ2v) is 7.01. The van der Waals surface area contributed by atoms with Gasteiger partial charge in [0, 0.05) is 17.8 Å². The first-order valence-corrected chi connectivity index (χ1v) is 8.85. The maximum Gasteiger partial charge on any atom is 0.157 e. The van der Waals surface area contributed by atoms with E-state index in [9.17, 15) is 22.7 Å². The number of aliphatic hydroxyl groups excluding tert-OH is 2. The molecule has 1 saturated carbocycles. The van der Waals surface area contributed by atoms with Gasteiger partial charge in [0.25, 0.3) is 0 Å². The molecule has 1 aliphatic rings. The van der Waals surface area contributed by atoms with Crippen LogP contribution in [0.4, 0.5) is 23.2 Å². The summed E-state index contributed by atoms with van der Waals surface area (Å²) in [6.07, 6.45) is 1.83. The Balaban J connectivity index is 2.29. The molecule has 8 heteroatoms. The average Bonchev–Trinajstić information content (AvgIpc) is 3.38. The van der Waals surface area contributed by atoms with Gasteiger partial charge in [-0.25, -0.2) is 17.6 Å². The molecule has 0 heterocycles. The molecule has 0 bridgehead atoms. The summed E-state index contributed by atoms with van der Waals surface area (Å²) >= 11 is 0. The lowest BCUT2D eigenvalue weighted by molar-refractivity contribution is 0.0772. The number of anilines is 1. The first-order valence-electron chi connectivity index (χ1n) is 8.85. The van der Waals surface area contributed by atoms with E-state index in [0.717, 1.165) is 13.1 Å².